The second-order valence-corrected chi connectivity index (χ2v) is 17.4. The quantitative estimate of drug-likeness (QED) is 0.233. The largest absolute Gasteiger partial charge is 0.426 e. The molecule has 2 heterocycles. The Morgan fingerprint density at radius 2 is 1.70 bits per heavy atom. The lowest BCUT2D eigenvalue weighted by Gasteiger charge is -2.36. The minimum absolute atomic E-state index is 0.0000186. The predicted molar refractivity (Wildman–Crippen MR) is 213 cm³/mol. The van der Waals surface area contributed by atoms with Gasteiger partial charge in [-0.3, -0.25) is 33.6 Å². The summed E-state index contributed by atoms with van der Waals surface area (Å²) in [6.45, 7) is 7.22. The zero-order valence-corrected chi connectivity index (χ0v) is 36.4. The van der Waals surface area contributed by atoms with Crippen LogP contribution in [0.15, 0.2) is 18.2 Å². The van der Waals surface area contributed by atoms with Gasteiger partial charge in [0.2, 0.25) is 41.0 Å². The predicted octanol–water partition coefficient (Wildman–Crippen LogP) is 2.67. The minimum Gasteiger partial charge on any atom is -0.373 e. The van der Waals surface area contributed by atoms with E-state index in [-0.39, 0.29) is 55.0 Å². The van der Waals surface area contributed by atoms with Crippen LogP contribution >= 0.6 is 23.2 Å². The molecule has 60 heavy (non-hydrogen) atoms. The number of benzene rings is 1. The van der Waals surface area contributed by atoms with Crippen LogP contribution < -0.4 is 21.3 Å². The maximum Gasteiger partial charge on any atom is 0.426 e. The maximum absolute atomic E-state index is 14.5. The van der Waals surface area contributed by atoms with Crippen molar-refractivity contribution in [3.8, 4) is 0 Å². The SMILES string of the molecule is CC(C)C[C@@H]1NC(=O)[C@@H](N(C)C(=O)[C@H](C)NC(=O)[C@@H]2C[C@@H](F)CN2C(=O)[C@@](C)(O)C(F)(F)F)CCCCNC(=O)C(C)(C)NC(=O)[C@H](Cc2cc(Cl)ccc2Cl)N(C)C1=O. The second-order valence-electron chi connectivity index (χ2n) is 16.5. The molecule has 0 radical (unpaired) electrons. The summed E-state index contributed by atoms with van der Waals surface area (Å²) in [4.78, 5) is 98.2. The molecule has 7 amide bonds. The molecule has 0 spiro atoms. The standard InChI is InChI=1S/C39H55Cl2F4N7O8/c1-20(2)15-26-34(57)51(8)28(17-22-16-23(40)12-13-25(22)41)32(55)49-37(4,5)35(58)46-14-10-9-11-27(30(53)48-26)50(7)33(56)21(3)47-31(54)29-18-24(42)19-52(29)36(59)38(6,60)39(43,44)45/h12-13,16,20-21,24,26-29,60H,9-11,14-15,17-19H2,1-8H3,(H,46,58)(H,47,54)(H,48,53)(H,49,55)/t21-,24+,26-,27-,28-,29-,38+/m0/s1. The van der Waals surface area contributed by atoms with E-state index in [0.717, 1.165) is 9.80 Å². The maximum atomic E-state index is 14.5. The van der Waals surface area contributed by atoms with Gasteiger partial charge in [0.15, 0.2) is 0 Å². The van der Waals surface area contributed by atoms with Gasteiger partial charge >= 0.3 is 6.18 Å². The molecule has 0 aromatic heterocycles. The Balaban J connectivity index is 1.95. The third-order valence-electron chi connectivity index (χ3n) is 10.7. The number of halogens is 6. The van der Waals surface area contributed by atoms with Crippen LogP contribution in [0.5, 0.6) is 0 Å². The minimum atomic E-state index is -5.44. The molecule has 7 atom stereocenters. The van der Waals surface area contributed by atoms with Crippen molar-refractivity contribution in [3.63, 3.8) is 0 Å². The van der Waals surface area contributed by atoms with Gasteiger partial charge in [-0.15, -0.1) is 0 Å². The molecule has 0 saturated carbocycles. The summed E-state index contributed by atoms with van der Waals surface area (Å²) in [6, 6.07) is -2.41. The first-order valence-electron chi connectivity index (χ1n) is 19.5. The zero-order valence-electron chi connectivity index (χ0n) is 34.8. The topological polar surface area (TPSA) is 198 Å². The number of likely N-dealkylation sites (N-methyl/N-ethyl adjacent to an activating group) is 2. The molecule has 0 bridgehead atoms. The van der Waals surface area contributed by atoms with Crippen LogP contribution in [-0.4, -0.2) is 142 Å². The van der Waals surface area contributed by atoms with Crippen LogP contribution in [0.1, 0.15) is 79.2 Å². The molecular weight excluding hydrogens is 841 g/mol. The lowest BCUT2D eigenvalue weighted by atomic mass is 9.97. The van der Waals surface area contributed by atoms with Crippen molar-refractivity contribution in [2.75, 3.05) is 27.2 Å². The van der Waals surface area contributed by atoms with E-state index in [9.17, 15) is 56.2 Å². The molecule has 5 N–H and O–H groups in total. The number of likely N-dealkylation sites (tertiary alicyclic amines) is 1. The Kier molecular flexibility index (Phi) is 16.8. The highest BCUT2D eigenvalue weighted by molar-refractivity contribution is 6.33. The van der Waals surface area contributed by atoms with Gasteiger partial charge in [0, 0.05) is 43.5 Å². The van der Waals surface area contributed by atoms with Gasteiger partial charge in [-0.05, 0) is 83.1 Å². The summed E-state index contributed by atoms with van der Waals surface area (Å²) in [6.07, 6.45) is -7.51. The molecule has 2 aliphatic heterocycles. The van der Waals surface area contributed by atoms with E-state index >= 15 is 0 Å². The summed E-state index contributed by atoms with van der Waals surface area (Å²) in [5.74, 6) is -6.81. The van der Waals surface area contributed by atoms with Crippen molar-refractivity contribution in [2.45, 2.75) is 134 Å². The molecule has 21 heteroatoms. The van der Waals surface area contributed by atoms with E-state index in [0.29, 0.717) is 17.0 Å². The summed E-state index contributed by atoms with van der Waals surface area (Å²) in [7, 11) is 2.63. The van der Waals surface area contributed by atoms with E-state index < -0.39 is 108 Å². The first-order valence-corrected chi connectivity index (χ1v) is 20.3. The number of aliphatic hydroxyl groups is 1. The summed E-state index contributed by atoms with van der Waals surface area (Å²) in [5, 5.41) is 21.1. The van der Waals surface area contributed by atoms with Crippen LogP contribution in [0.4, 0.5) is 17.6 Å². The van der Waals surface area contributed by atoms with Crippen molar-refractivity contribution in [1.82, 2.24) is 36.0 Å². The molecule has 0 aliphatic carbocycles. The van der Waals surface area contributed by atoms with Gasteiger partial charge in [-0.25, -0.2) is 4.39 Å². The van der Waals surface area contributed by atoms with Gasteiger partial charge in [-0.2, -0.15) is 13.2 Å². The number of nitrogens with one attached hydrogen (secondary N) is 4. The lowest BCUT2D eigenvalue weighted by molar-refractivity contribution is -0.250. The number of carbonyl (C=O) groups excluding carboxylic acids is 7. The first kappa shape index (κ1) is 50.1. The number of nitrogens with zero attached hydrogens (tertiary/aromatic N) is 3. The number of hydrogen-bond donors (Lipinski definition) is 5. The molecule has 2 aliphatic rings. The van der Waals surface area contributed by atoms with Crippen LogP contribution in [0, 0.1) is 5.92 Å². The Morgan fingerprint density at radius 1 is 1.07 bits per heavy atom. The lowest BCUT2D eigenvalue weighted by Crippen LogP contribution is -2.62. The summed E-state index contributed by atoms with van der Waals surface area (Å²) < 4.78 is 54.9. The van der Waals surface area contributed by atoms with Gasteiger partial charge in [0.05, 0.1) is 6.54 Å². The van der Waals surface area contributed by atoms with E-state index in [4.69, 9.17) is 23.2 Å². The highest BCUT2D eigenvalue weighted by Gasteiger charge is 2.59. The van der Waals surface area contributed by atoms with Gasteiger partial charge in [0.25, 0.3) is 5.91 Å². The Hall–Kier alpha value is -4.23. The molecule has 15 nitrogen and oxygen atoms in total. The Morgan fingerprint density at radius 3 is 2.30 bits per heavy atom. The number of carbonyl (C=O) groups is 7. The highest BCUT2D eigenvalue weighted by atomic mass is 35.5. The van der Waals surface area contributed by atoms with Gasteiger partial charge < -0.3 is 41.1 Å². The van der Waals surface area contributed by atoms with Crippen LogP contribution in [0.3, 0.4) is 0 Å². The smallest absolute Gasteiger partial charge is 0.373 e. The summed E-state index contributed by atoms with van der Waals surface area (Å²) >= 11 is 12.7. The third-order valence-corrected chi connectivity index (χ3v) is 11.3. The van der Waals surface area contributed by atoms with E-state index in [1.54, 1.807) is 26.0 Å². The average molecular weight is 897 g/mol. The van der Waals surface area contributed by atoms with Crippen molar-refractivity contribution in [3.05, 3.63) is 33.8 Å². The molecule has 336 valence electrons. The second kappa shape index (κ2) is 20.1. The fourth-order valence-corrected chi connectivity index (χ4v) is 7.39. The molecular formula is C39H55Cl2F4N7O8. The average Bonchev–Trinajstić information content (AvgIpc) is 3.54. The number of alkyl halides is 4. The van der Waals surface area contributed by atoms with Gasteiger partial charge in [0.1, 0.15) is 41.9 Å². The number of amides is 7. The Bertz CT molecular complexity index is 1800. The third kappa shape index (κ3) is 12.2. The molecule has 2 fully saturated rings. The fraction of sp³-hybridized carbons (Fsp3) is 0.667. The molecule has 2 saturated heterocycles. The van der Waals surface area contributed by atoms with E-state index in [1.165, 1.54) is 40.9 Å². The monoisotopic (exact) mass is 895 g/mol. The van der Waals surface area contributed by atoms with Crippen molar-refractivity contribution < 1.29 is 56.2 Å². The van der Waals surface area contributed by atoms with Crippen molar-refractivity contribution in [1.29, 1.82) is 0 Å². The Labute approximate surface area is 356 Å². The molecule has 1 aromatic carbocycles. The normalized spacial score (nSPS) is 25.2. The van der Waals surface area contributed by atoms with Crippen LogP contribution in [-0.2, 0) is 40.0 Å². The zero-order chi connectivity index (χ0) is 45.7. The molecule has 0 unspecified atom stereocenters. The number of rotatable bonds is 9. The van der Waals surface area contributed by atoms with Crippen molar-refractivity contribution >= 4 is 64.6 Å². The molecule has 3 rings (SSSR count). The van der Waals surface area contributed by atoms with Crippen LogP contribution in [0.25, 0.3) is 0 Å². The molecule has 1 aromatic rings. The van der Waals surface area contributed by atoms with Crippen molar-refractivity contribution in [2.24, 2.45) is 5.92 Å². The highest BCUT2D eigenvalue weighted by Crippen LogP contribution is 2.34. The summed E-state index contributed by atoms with van der Waals surface area (Å²) in [5.41, 5.74) is -4.94. The number of hydrogen-bond acceptors (Lipinski definition) is 8. The van der Waals surface area contributed by atoms with E-state index in [2.05, 4.69) is 21.3 Å². The fourth-order valence-electron chi connectivity index (χ4n) is 7.00. The van der Waals surface area contributed by atoms with Gasteiger partial charge in [-0.1, -0.05) is 37.0 Å². The van der Waals surface area contributed by atoms with Crippen LogP contribution in [0.2, 0.25) is 10.0 Å². The van der Waals surface area contributed by atoms with E-state index in [1.807, 2.05) is 0 Å². The first-order chi connectivity index (χ1) is 27.6.